The molecule has 0 aliphatic rings. The molecule has 1 heterocycles. The van der Waals surface area contributed by atoms with Gasteiger partial charge in [-0.3, -0.25) is 9.59 Å². The van der Waals surface area contributed by atoms with Crippen LogP contribution in [0.5, 0.6) is 5.75 Å². The molecule has 0 aliphatic heterocycles. The standard InChI is InChI=1S/C19H23N3O5/c1-5-14-16(19(25)26-4)11(2)17(22-14)18(24)21-12-7-6-8-13(9-12)27-10-15(23)20-3/h6-9,22H,5,10H2,1-4H3,(H,20,23)(H,21,24). The highest BCUT2D eigenvalue weighted by Crippen LogP contribution is 2.22. The van der Waals surface area contributed by atoms with Crippen molar-refractivity contribution in [2.24, 2.45) is 0 Å². The number of ether oxygens (including phenoxy) is 2. The SMILES string of the molecule is CCc1[nH]c(C(=O)Nc2cccc(OCC(=O)NC)c2)c(C)c1C(=O)OC. The molecule has 2 rings (SSSR count). The number of nitrogens with one attached hydrogen (secondary N) is 3. The molecule has 0 saturated carbocycles. The number of anilines is 1. The first-order chi connectivity index (χ1) is 12.9. The van der Waals surface area contributed by atoms with Crippen LogP contribution in [0.15, 0.2) is 24.3 Å². The summed E-state index contributed by atoms with van der Waals surface area (Å²) in [5.74, 6) is -0.678. The van der Waals surface area contributed by atoms with Gasteiger partial charge in [0.25, 0.3) is 11.8 Å². The lowest BCUT2D eigenvalue weighted by Gasteiger charge is -2.09. The van der Waals surface area contributed by atoms with Crippen molar-refractivity contribution in [3.05, 3.63) is 46.8 Å². The fourth-order valence-electron chi connectivity index (χ4n) is 2.61. The van der Waals surface area contributed by atoms with Gasteiger partial charge in [0.15, 0.2) is 6.61 Å². The molecule has 8 nitrogen and oxygen atoms in total. The van der Waals surface area contributed by atoms with Gasteiger partial charge >= 0.3 is 5.97 Å². The molecule has 0 aliphatic carbocycles. The number of rotatable bonds is 7. The number of carbonyl (C=O) groups is 3. The Balaban J connectivity index is 2.19. The first kappa shape index (κ1) is 20.0. The second-order valence-electron chi connectivity index (χ2n) is 5.77. The largest absolute Gasteiger partial charge is 0.484 e. The molecule has 27 heavy (non-hydrogen) atoms. The van der Waals surface area contributed by atoms with Crippen molar-refractivity contribution >= 4 is 23.5 Å². The molecular weight excluding hydrogens is 350 g/mol. The average molecular weight is 373 g/mol. The molecule has 8 heteroatoms. The van der Waals surface area contributed by atoms with Crippen LogP contribution in [0.1, 0.15) is 39.0 Å². The van der Waals surface area contributed by atoms with Crippen molar-refractivity contribution in [2.75, 3.05) is 26.1 Å². The van der Waals surface area contributed by atoms with E-state index in [9.17, 15) is 14.4 Å². The minimum absolute atomic E-state index is 0.119. The maximum atomic E-state index is 12.7. The summed E-state index contributed by atoms with van der Waals surface area (Å²) in [5, 5.41) is 5.22. The van der Waals surface area contributed by atoms with Gasteiger partial charge in [0, 0.05) is 24.5 Å². The smallest absolute Gasteiger partial charge is 0.339 e. The number of hydrogen-bond acceptors (Lipinski definition) is 5. The third-order valence-electron chi connectivity index (χ3n) is 4.04. The fourth-order valence-corrected chi connectivity index (χ4v) is 2.61. The van der Waals surface area contributed by atoms with Crippen molar-refractivity contribution in [1.82, 2.24) is 10.3 Å². The van der Waals surface area contributed by atoms with Gasteiger partial charge in [-0.15, -0.1) is 0 Å². The van der Waals surface area contributed by atoms with E-state index < -0.39 is 5.97 Å². The van der Waals surface area contributed by atoms with Crippen LogP contribution in [-0.2, 0) is 16.0 Å². The number of aromatic nitrogens is 1. The Bertz CT molecular complexity index is 857. The van der Waals surface area contributed by atoms with E-state index in [1.165, 1.54) is 14.2 Å². The maximum absolute atomic E-state index is 12.7. The molecule has 0 saturated heterocycles. The molecule has 3 N–H and O–H groups in total. The molecule has 0 bridgehead atoms. The van der Waals surface area contributed by atoms with E-state index in [0.29, 0.717) is 40.4 Å². The van der Waals surface area contributed by atoms with E-state index in [-0.39, 0.29) is 18.4 Å². The molecule has 0 fully saturated rings. The Labute approximate surface area is 157 Å². The number of aryl methyl sites for hydroxylation is 1. The van der Waals surface area contributed by atoms with Crippen molar-refractivity contribution in [3.63, 3.8) is 0 Å². The van der Waals surface area contributed by atoms with Crippen molar-refractivity contribution < 1.29 is 23.9 Å². The molecule has 0 radical (unpaired) electrons. The first-order valence-corrected chi connectivity index (χ1v) is 8.45. The van der Waals surface area contributed by atoms with E-state index in [0.717, 1.165) is 0 Å². The summed E-state index contributed by atoms with van der Waals surface area (Å²) in [7, 11) is 2.83. The Kier molecular flexibility index (Phi) is 6.59. The summed E-state index contributed by atoms with van der Waals surface area (Å²) in [4.78, 5) is 38.9. The van der Waals surface area contributed by atoms with Gasteiger partial charge in [-0.05, 0) is 31.0 Å². The molecule has 144 valence electrons. The first-order valence-electron chi connectivity index (χ1n) is 8.45. The molecule has 0 spiro atoms. The highest BCUT2D eigenvalue weighted by Gasteiger charge is 2.23. The van der Waals surface area contributed by atoms with Gasteiger partial charge in [-0.2, -0.15) is 0 Å². The lowest BCUT2D eigenvalue weighted by Crippen LogP contribution is -2.24. The molecule has 0 unspecified atom stereocenters. The van der Waals surface area contributed by atoms with Gasteiger partial charge in [-0.1, -0.05) is 13.0 Å². The van der Waals surface area contributed by atoms with Crippen molar-refractivity contribution in [3.8, 4) is 5.75 Å². The average Bonchev–Trinajstić information content (AvgIpc) is 3.02. The van der Waals surface area contributed by atoms with Crippen molar-refractivity contribution in [1.29, 1.82) is 0 Å². The van der Waals surface area contributed by atoms with Crippen LogP contribution in [0.25, 0.3) is 0 Å². The van der Waals surface area contributed by atoms with Crippen LogP contribution in [0.2, 0.25) is 0 Å². The second kappa shape index (κ2) is 8.88. The molecular formula is C19H23N3O5. The van der Waals surface area contributed by atoms with E-state index in [2.05, 4.69) is 15.6 Å². The molecule has 2 amide bonds. The normalized spacial score (nSPS) is 10.2. The minimum Gasteiger partial charge on any atom is -0.484 e. The van der Waals surface area contributed by atoms with Gasteiger partial charge in [0.1, 0.15) is 11.4 Å². The van der Waals surface area contributed by atoms with E-state index in [4.69, 9.17) is 9.47 Å². The molecule has 2 aromatic rings. The number of likely N-dealkylation sites (N-methyl/N-ethyl adjacent to an activating group) is 1. The van der Waals surface area contributed by atoms with Gasteiger partial charge in [-0.25, -0.2) is 4.79 Å². The number of methoxy groups -OCH3 is 1. The van der Waals surface area contributed by atoms with E-state index in [1.54, 1.807) is 31.2 Å². The number of H-pyrrole nitrogens is 1. The van der Waals surface area contributed by atoms with Gasteiger partial charge < -0.3 is 25.1 Å². The van der Waals surface area contributed by atoms with E-state index >= 15 is 0 Å². The zero-order valence-electron chi connectivity index (χ0n) is 15.8. The van der Waals surface area contributed by atoms with Crippen LogP contribution >= 0.6 is 0 Å². The number of benzene rings is 1. The highest BCUT2D eigenvalue weighted by molar-refractivity contribution is 6.06. The van der Waals surface area contributed by atoms with Crippen LogP contribution in [0.3, 0.4) is 0 Å². The summed E-state index contributed by atoms with van der Waals surface area (Å²) < 4.78 is 10.2. The predicted molar refractivity (Wildman–Crippen MR) is 100 cm³/mol. The molecule has 1 aromatic heterocycles. The molecule has 1 aromatic carbocycles. The zero-order valence-corrected chi connectivity index (χ0v) is 15.8. The number of aromatic amines is 1. The predicted octanol–water partition coefficient (Wildman–Crippen LogP) is 2.05. The number of hydrogen-bond donors (Lipinski definition) is 3. The summed E-state index contributed by atoms with van der Waals surface area (Å²) in [6.45, 7) is 3.46. The Morgan fingerprint density at radius 3 is 2.59 bits per heavy atom. The maximum Gasteiger partial charge on any atom is 0.339 e. The third kappa shape index (κ3) is 4.66. The van der Waals surface area contributed by atoms with E-state index in [1.807, 2.05) is 6.92 Å². The zero-order chi connectivity index (χ0) is 20.0. The van der Waals surface area contributed by atoms with Crippen molar-refractivity contribution in [2.45, 2.75) is 20.3 Å². The Morgan fingerprint density at radius 1 is 1.22 bits per heavy atom. The topological polar surface area (TPSA) is 110 Å². The fraction of sp³-hybridized carbons (Fsp3) is 0.316. The minimum atomic E-state index is -0.482. The van der Waals surface area contributed by atoms with Crippen LogP contribution in [-0.4, -0.2) is 43.5 Å². The quantitative estimate of drug-likeness (QED) is 0.644. The lowest BCUT2D eigenvalue weighted by molar-refractivity contribution is -0.122. The number of carbonyl (C=O) groups excluding carboxylic acids is 3. The lowest BCUT2D eigenvalue weighted by atomic mass is 10.1. The van der Waals surface area contributed by atoms with Crippen LogP contribution in [0.4, 0.5) is 5.69 Å². The van der Waals surface area contributed by atoms with Gasteiger partial charge in [0.2, 0.25) is 0 Å². The molecule has 0 atom stereocenters. The summed E-state index contributed by atoms with van der Waals surface area (Å²) >= 11 is 0. The summed E-state index contributed by atoms with van der Waals surface area (Å²) in [6.07, 6.45) is 0.557. The Morgan fingerprint density at radius 2 is 1.96 bits per heavy atom. The monoisotopic (exact) mass is 373 g/mol. The number of amides is 2. The highest BCUT2D eigenvalue weighted by atomic mass is 16.5. The summed E-state index contributed by atoms with van der Waals surface area (Å²) in [5.41, 5.74) is 2.35. The number of esters is 1. The van der Waals surface area contributed by atoms with Crippen LogP contribution < -0.4 is 15.4 Å². The third-order valence-corrected chi connectivity index (χ3v) is 4.04. The summed E-state index contributed by atoms with van der Waals surface area (Å²) in [6, 6.07) is 6.70. The second-order valence-corrected chi connectivity index (χ2v) is 5.77. The van der Waals surface area contributed by atoms with Crippen LogP contribution in [0, 0.1) is 6.92 Å². The van der Waals surface area contributed by atoms with Gasteiger partial charge in [0.05, 0.1) is 12.7 Å². The Hall–Kier alpha value is -3.29.